The van der Waals surface area contributed by atoms with E-state index in [0.717, 1.165) is 3.57 Å². The third-order valence-corrected chi connectivity index (χ3v) is 4.63. The predicted molar refractivity (Wildman–Crippen MR) is 97.1 cm³/mol. The van der Waals surface area contributed by atoms with Crippen molar-refractivity contribution < 1.29 is 24.2 Å². The molecule has 130 valence electrons. The SMILES string of the molecule is COC(=O)C1=C(Nc2c(Cl)ccc(I)c2OC)C(=O)N(CCO)C1. The van der Waals surface area contributed by atoms with Crippen LogP contribution >= 0.6 is 34.2 Å². The molecule has 0 spiro atoms. The zero-order chi connectivity index (χ0) is 17.9. The van der Waals surface area contributed by atoms with E-state index in [1.165, 1.54) is 19.1 Å². The number of halogens is 2. The number of nitrogens with zero attached hydrogens (tertiary/aromatic N) is 1. The van der Waals surface area contributed by atoms with Crippen LogP contribution in [0, 0.1) is 3.57 Å². The Morgan fingerprint density at radius 2 is 2.17 bits per heavy atom. The maximum atomic E-state index is 12.5. The molecule has 9 heteroatoms. The average molecular weight is 467 g/mol. The zero-order valence-corrected chi connectivity index (χ0v) is 16.0. The zero-order valence-electron chi connectivity index (χ0n) is 13.1. The highest BCUT2D eigenvalue weighted by Gasteiger charge is 2.35. The Bertz CT molecular complexity index is 707. The van der Waals surface area contributed by atoms with Gasteiger partial charge in [-0.2, -0.15) is 0 Å². The second kappa shape index (κ2) is 8.04. The third-order valence-electron chi connectivity index (χ3n) is 3.47. The maximum Gasteiger partial charge on any atom is 0.337 e. The lowest BCUT2D eigenvalue weighted by molar-refractivity contribution is -0.136. The summed E-state index contributed by atoms with van der Waals surface area (Å²) in [7, 11) is 2.73. The van der Waals surface area contributed by atoms with Gasteiger partial charge in [-0.3, -0.25) is 4.79 Å². The number of rotatable bonds is 6. The molecule has 24 heavy (non-hydrogen) atoms. The molecule has 2 N–H and O–H groups in total. The van der Waals surface area contributed by atoms with Crippen LogP contribution in [-0.4, -0.2) is 55.8 Å². The number of amides is 1. The standard InChI is InChI=1S/C15H16ClIN2O5/c1-23-13-10(17)4-3-9(16)12(13)18-11-8(15(22)24-2)7-19(5-6-20)14(11)21/h3-4,18,20H,5-7H2,1-2H3. The monoisotopic (exact) mass is 466 g/mol. The van der Waals surface area contributed by atoms with Crippen LogP contribution in [0.5, 0.6) is 5.75 Å². The van der Waals surface area contributed by atoms with Gasteiger partial charge in [-0.15, -0.1) is 0 Å². The highest BCUT2D eigenvalue weighted by molar-refractivity contribution is 14.1. The number of anilines is 1. The Hall–Kier alpha value is -1.52. The number of hydrogen-bond acceptors (Lipinski definition) is 6. The van der Waals surface area contributed by atoms with Crippen molar-refractivity contribution in [3.63, 3.8) is 0 Å². The van der Waals surface area contributed by atoms with Crippen molar-refractivity contribution in [3.8, 4) is 5.75 Å². The Labute approximate surface area is 157 Å². The minimum Gasteiger partial charge on any atom is -0.493 e. The number of methoxy groups -OCH3 is 2. The van der Waals surface area contributed by atoms with Crippen LogP contribution in [0.1, 0.15) is 0 Å². The number of aliphatic hydroxyl groups is 1. The number of carbonyl (C=O) groups is 2. The molecule has 0 aromatic heterocycles. The summed E-state index contributed by atoms with van der Waals surface area (Å²) < 4.78 is 10.9. The van der Waals surface area contributed by atoms with E-state index in [0.29, 0.717) is 16.5 Å². The van der Waals surface area contributed by atoms with Gasteiger partial charge in [0, 0.05) is 6.54 Å². The molecule has 7 nitrogen and oxygen atoms in total. The normalized spacial score (nSPS) is 14.2. The quantitative estimate of drug-likeness (QED) is 0.489. The van der Waals surface area contributed by atoms with E-state index in [4.69, 9.17) is 26.2 Å². The third kappa shape index (κ3) is 3.60. The number of ether oxygens (including phenoxy) is 2. The van der Waals surface area contributed by atoms with Crippen molar-refractivity contribution in [1.82, 2.24) is 4.90 Å². The van der Waals surface area contributed by atoms with Crippen LogP contribution in [0.2, 0.25) is 5.02 Å². The predicted octanol–water partition coefficient (Wildman–Crippen LogP) is 1.63. The lowest BCUT2D eigenvalue weighted by atomic mass is 10.2. The number of esters is 1. The smallest absolute Gasteiger partial charge is 0.337 e. The second-order valence-corrected chi connectivity index (χ2v) is 6.43. The van der Waals surface area contributed by atoms with Gasteiger partial charge < -0.3 is 24.8 Å². The van der Waals surface area contributed by atoms with E-state index in [1.54, 1.807) is 12.1 Å². The van der Waals surface area contributed by atoms with E-state index in [9.17, 15) is 9.59 Å². The number of benzene rings is 1. The molecule has 2 rings (SSSR count). The summed E-state index contributed by atoms with van der Waals surface area (Å²) in [6, 6.07) is 3.44. The first kappa shape index (κ1) is 18.8. The number of hydrogen-bond donors (Lipinski definition) is 2. The number of carbonyl (C=O) groups excluding carboxylic acids is 2. The molecule has 0 atom stereocenters. The van der Waals surface area contributed by atoms with Crippen LogP contribution in [0.4, 0.5) is 5.69 Å². The summed E-state index contributed by atoms with van der Waals surface area (Å²) in [4.78, 5) is 25.9. The van der Waals surface area contributed by atoms with Crippen LogP contribution < -0.4 is 10.1 Å². The average Bonchev–Trinajstić information content (AvgIpc) is 2.87. The first-order valence-corrected chi connectivity index (χ1v) is 8.40. The van der Waals surface area contributed by atoms with Crippen molar-refractivity contribution in [2.45, 2.75) is 0 Å². The molecule has 1 heterocycles. The van der Waals surface area contributed by atoms with Gasteiger partial charge in [-0.05, 0) is 34.7 Å². The van der Waals surface area contributed by atoms with Gasteiger partial charge >= 0.3 is 5.97 Å². The van der Waals surface area contributed by atoms with Crippen LogP contribution in [-0.2, 0) is 14.3 Å². The molecule has 1 aliphatic rings. The minimum absolute atomic E-state index is 0.0538. The molecule has 0 aliphatic carbocycles. The van der Waals surface area contributed by atoms with E-state index in [-0.39, 0.29) is 31.0 Å². The van der Waals surface area contributed by atoms with Crippen LogP contribution in [0.15, 0.2) is 23.4 Å². The topological polar surface area (TPSA) is 88.1 Å². The fourth-order valence-corrected chi connectivity index (χ4v) is 3.19. The lowest BCUT2D eigenvalue weighted by Crippen LogP contribution is -2.31. The highest BCUT2D eigenvalue weighted by atomic mass is 127. The van der Waals surface area contributed by atoms with Crippen molar-refractivity contribution >= 4 is 51.8 Å². The van der Waals surface area contributed by atoms with Gasteiger partial charge in [0.1, 0.15) is 11.4 Å². The number of nitrogens with one attached hydrogen (secondary N) is 1. The molecule has 1 aromatic carbocycles. The van der Waals surface area contributed by atoms with Gasteiger partial charge in [-0.25, -0.2) is 4.79 Å². The van der Waals surface area contributed by atoms with Crippen molar-refractivity contribution in [3.05, 3.63) is 32.0 Å². The fraction of sp³-hybridized carbons (Fsp3) is 0.333. The van der Waals surface area contributed by atoms with Gasteiger partial charge in [0.2, 0.25) is 0 Å². The van der Waals surface area contributed by atoms with Crippen molar-refractivity contribution in [1.29, 1.82) is 0 Å². The Balaban J connectivity index is 2.47. The van der Waals surface area contributed by atoms with Gasteiger partial charge in [0.05, 0.1) is 41.5 Å². The fourth-order valence-electron chi connectivity index (χ4n) is 2.32. The molecule has 0 saturated carbocycles. The summed E-state index contributed by atoms with van der Waals surface area (Å²) in [5.41, 5.74) is 0.632. The van der Waals surface area contributed by atoms with Crippen LogP contribution in [0.25, 0.3) is 0 Å². The van der Waals surface area contributed by atoms with Gasteiger partial charge in [0.15, 0.2) is 5.75 Å². The summed E-state index contributed by atoms with van der Waals surface area (Å²) in [6.45, 7) is -0.0409. The molecule has 0 saturated heterocycles. The van der Waals surface area contributed by atoms with Crippen molar-refractivity contribution in [2.75, 3.05) is 39.2 Å². The van der Waals surface area contributed by atoms with E-state index >= 15 is 0 Å². The molecular weight excluding hydrogens is 451 g/mol. The number of aliphatic hydroxyl groups excluding tert-OH is 1. The Morgan fingerprint density at radius 3 is 2.75 bits per heavy atom. The first-order chi connectivity index (χ1) is 11.4. The molecular formula is C15H16ClIN2O5. The Kier molecular flexibility index (Phi) is 6.30. The minimum atomic E-state index is -0.619. The van der Waals surface area contributed by atoms with Gasteiger partial charge in [0.25, 0.3) is 5.91 Å². The summed E-state index contributed by atoms with van der Waals surface area (Å²) >= 11 is 8.29. The molecule has 1 aliphatic heterocycles. The molecule has 0 unspecified atom stereocenters. The lowest BCUT2D eigenvalue weighted by Gasteiger charge is -2.17. The maximum absolute atomic E-state index is 12.5. The second-order valence-electron chi connectivity index (χ2n) is 4.86. The molecule has 0 fully saturated rings. The molecule has 1 amide bonds. The summed E-state index contributed by atoms with van der Waals surface area (Å²) in [5, 5.41) is 12.3. The van der Waals surface area contributed by atoms with E-state index < -0.39 is 11.9 Å². The summed E-state index contributed by atoms with van der Waals surface area (Å²) in [6.07, 6.45) is 0. The summed E-state index contributed by atoms with van der Waals surface area (Å²) in [5.74, 6) is -0.568. The molecule has 0 bridgehead atoms. The van der Waals surface area contributed by atoms with Crippen molar-refractivity contribution in [2.24, 2.45) is 0 Å². The largest absolute Gasteiger partial charge is 0.493 e. The van der Waals surface area contributed by atoms with Crippen LogP contribution in [0.3, 0.4) is 0 Å². The van der Waals surface area contributed by atoms with Gasteiger partial charge in [-0.1, -0.05) is 11.6 Å². The van der Waals surface area contributed by atoms with E-state index in [2.05, 4.69) is 27.9 Å². The molecule has 0 radical (unpaired) electrons. The number of β-amino-alcohol motifs (C(OH)–C–C–N with tert-alkyl or cyclic N) is 1. The highest BCUT2D eigenvalue weighted by Crippen LogP contribution is 2.38. The first-order valence-electron chi connectivity index (χ1n) is 6.95. The van der Waals surface area contributed by atoms with E-state index in [1.807, 2.05) is 0 Å². The molecule has 1 aromatic rings. The Morgan fingerprint density at radius 1 is 1.46 bits per heavy atom.